The Morgan fingerprint density at radius 2 is 2.12 bits per heavy atom. The normalized spacial score (nSPS) is 12.2. The van der Waals surface area contributed by atoms with E-state index >= 15 is 0 Å². The van der Waals surface area contributed by atoms with Crippen LogP contribution >= 0.6 is 0 Å². The molecule has 96 valence electrons. The summed E-state index contributed by atoms with van der Waals surface area (Å²) in [5.41, 5.74) is 5.59. The molecular formula is C11H21N5O. The van der Waals surface area contributed by atoms with Gasteiger partial charge < -0.3 is 21.5 Å². The summed E-state index contributed by atoms with van der Waals surface area (Å²) in [5.74, 6) is 2.08. The second-order valence-electron chi connectivity index (χ2n) is 3.91. The average molecular weight is 239 g/mol. The van der Waals surface area contributed by atoms with E-state index in [0.717, 1.165) is 19.4 Å². The Morgan fingerprint density at radius 3 is 2.71 bits per heavy atom. The molecule has 1 aromatic rings. The monoisotopic (exact) mass is 239 g/mol. The van der Waals surface area contributed by atoms with Gasteiger partial charge in [0, 0.05) is 26.3 Å². The topological polar surface area (TPSA) is 96.1 Å². The highest BCUT2D eigenvalue weighted by Gasteiger charge is 2.07. The molecule has 0 fully saturated rings. The van der Waals surface area contributed by atoms with E-state index in [0.29, 0.717) is 17.6 Å². The van der Waals surface area contributed by atoms with Gasteiger partial charge in [0.05, 0.1) is 0 Å². The molecule has 1 unspecified atom stereocenters. The lowest BCUT2D eigenvalue weighted by Gasteiger charge is -2.15. The van der Waals surface area contributed by atoms with E-state index in [1.54, 1.807) is 7.05 Å². The first kappa shape index (κ1) is 13.5. The Balaban J connectivity index is 2.58. The summed E-state index contributed by atoms with van der Waals surface area (Å²) in [5, 5.41) is 15.0. The molecule has 0 bridgehead atoms. The van der Waals surface area contributed by atoms with E-state index in [9.17, 15) is 0 Å². The van der Waals surface area contributed by atoms with Crippen LogP contribution in [0.1, 0.15) is 19.8 Å². The minimum absolute atomic E-state index is 0.216. The maximum atomic E-state index is 8.91. The number of nitrogen functional groups attached to an aromatic ring is 1. The molecule has 0 amide bonds. The number of nitrogens with one attached hydrogen (secondary N) is 2. The van der Waals surface area contributed by atoms with Gasteiger partial charge in [0.25, 0.3) is 0 Å². The summed E-state index contributed by atoms with van der Waals surface area (Å²) in [7, 11) is 1.78. The van der Waals surface area contributed by atoms with Crippen molar-refractivity contribution in [2.45, 2.75) is 19.8 Å². The van der Waals surface area contributed by atoms with Crippen molar-refractivity contribution >= 4 is 17.6 Å². The number of nitrogens with zero attached hydrogens (tertiary/aromatic N) is 2. The molecule has 0 spiro atoms. The van der Waals surface area contributed by atoms with Crippen molar-refractivity contribution in [2.75, 3.05) is 36.6 Å². The van der Waals surface area contributed by atoms with E-state index < -0.39 is 0 Å². The molecule has 0 aliphatic carbocycles. The van der Waals surface area contributed by atoms with Crippen LogP contribution in [0.5, 0.6) is 0 Å². The van der Waals surface area contributed by atoms with Gasteiger partial charge in [-0.05, 0) is 12.3 Å². The average Bonchev–Trinajstić information content (AvgIpc) is 2.33. The molecule has 1 aromatic heterocycles. The second-order valence-corrected chi connectivity index (χ2v) is 3.91. The fraction of sp³-hybridized carbons (Fsp3) is 0.636. The lowest BCUT2D eigenvalue weighted by atomic mass is 10.0. The third-order valence-corrected chi connectivity index (χ3v) is 2.69. The molecule has 0 aromatic carbocycles. The van der Waals surface area contributed by atoms with Gasteiger partial charge in [-0.2, -0.15) is 9.97 Å². The van der Waals surface area contributed by atoms with Crippen LogP contribution in [0, 0.1) is 5.92 Å². The van der Waals surface area contributed by atoms with Crippen LogP contribution < -0.4 is 16.4 Å². The number of hydrogen-bond acceptors (Lipinski definition) is 6. The van der Waals surface area contributed by atoms with Crippen molar-refractivity contribution in [2.24, 2.45) is 5.92 Å². The van der Waals surface area contributed by atoms with Gasteiger partial charge in [-0.15, -0.1) is 0 Å². The number of aliphatic hydroxyl groups excluding tert-OH is 1. The standard InChI is InChI=1S/C11H21N5O/c1-3-8(4-5-17)7-14-10-6-9(13-2)15-11(12)16-10/h6,8,17H,3-5,7H2,1-2H3,(H4,12,13,14,15,16). The fourth-order valence-corrected chi connectivity index (χ4v) is 1.57. The summed E-state index contributed by atoms with van der Waals surface area (Å²) in [6, 6.07) is 1.81. The van der Waals surface area contributed by atoms with Gasteiger partial charge >= 0.3 is 0 Å². The molecule has 1 atom stereocenters. The maximum absolute atomic E-state index is 8.91. The molecule has 6 heteroatoms. The summed E-state index contributed by atoms with van der Waals surface area (Å²) in [4.78, 5) is 8.11. The van der Waals surface area contributed by atoms with Gasteiger partial charge in [-0.3, -0.25) is 0 Å². The SMILES string of the molecule is CCC(CCO)CNc1cc(NC)nc(N)n1. The van der Waals surface area contributed by atoms with E-state index in [4.69, 9.17) is 10.8 Å². The number of rotatable bonds is 7. The smallest absolute Gasteiger partial charge is 0.223 e. The molecule has 0 aliphatic heterocycles. The Hall–Kier alpha value is -1.56. The predicted molar refractivity (Wildman–Crippen MR) is 70.0 cm³/mol. The largest absolute Gasteiger partial charge is 0.396 e. The number of aromatic nitrogens is 2. The van der Waals surface area contributed by atoms with Crippen LogP contribution in [-0.4, -0.2) is 35.3 Å². The Labute approximate surface area is 102 Å². The first-order valence-corrected chi connectivity index (χ1v) is 5.86. The Morgan fingerprint density at radius 1 is 1.41 bits per heavy atom. The molecule has 0 saturated heterocycles. The lowest BCUT2D eigenvalue weighted by Crippen LogP contribution is -2.16. The van der Waals surface area contributed by atoms with Crippen LogP contribution in [0.3, 0.4) is 0 Å². The van der Waals surface area contributed by atoms with Gasteiger partial charge in [0.1, 0.15) is 11.6 Å². The van der Waals surface area contributed by atoms with Crippen molar-refractivity contribution in [3.63, 3.8) is 0 Å². The number of aliphatic hydroxyl groups is 1. The molecule has 1 rings (SSSR count). The third kappa shape index (κ3) is 4.44. The number of anilines is 3. The molecule has 0 radical (unpaired) electrons. The first-order valence-electron chi connectivity index (χ1n) is 5.86. The highest BCUT2D eigenvalue weighted by Crippen LogP contribution is 2.14. The zero-order valence-corrected chi connectivity index (χ0v) is 10.4. The molecule has 0 aliphatic rings. The Kier molecular flexibility index (Phi) is 5.48. The van der Waals surface area contributed by atoms with Crippen LogP contribution in [0.4, 0.5) is 17.6 Å². The van der Waals surface area contributed by atoms with E-state index in [1.165, 1.54) is 0 Å². The van der Waals surface area contributed by atoms with Crippen molar-refractivity contribution < 1.29 is 5.11 Å². The first-order chi connectivity index (χ1) is 8.19. The van der Waals surface area contributed by atoms with Gasteiger partial charge in [0.15, 0.2) is 0 Å². The van der Waals surface area contributed by atoms with E-state index in [1.807, 2.05) is 6.07 Å². The zero-order valence-electron chi connectivity index (χ0n) is 10.4. The highest BCUT2D eigenvalue weighted by atomic mass is 16.3. The van der Waals surface area contributed by atoms with Gasteiger partial charge in [-0.25, -0.2) is 0 Å². The fourth-order valence-electron chi connectivity index (χ4n) is 1.57. The molecular weight excluding hydrogens is 218 g/mol. The van der Waals surface area contributed by atoms with Crippen molar-refractivity contribution in [3.8, 4) is 0 Å². The minimum atomic E-state index is 0.216. The van der Waals surface area contributed by atoms with Crippen LogP contribution in [0.15, 0.2) is 6.07 Å². The van der Waals surface area contributed by atoms with Crippen LogP contribution in [0.25, 0.3) is 0 Å². The van der Waals surface area contributed by atoms with Crippen molar-refractivity contribution in [1.29, 1.82) is 0 Å². The third-order valence-electron chi connectivity index (χ3n) is 2.69. The molecule has 6 nitrogen and oxygen atoms in total. The zero-order chi connectivity index (χ0) is 12.7. The van der Waals surface area contributed by atoms with E-state index in [-0.39, 0.29) is 12.6 Å². The summed E-state index contributed by atoms with van der Waals surface area (Å²) in [6.45, 7) is 3.10. The number of nitrogens with two attached hydrogens (primary N) is 1. The summed E-state index contributed by atoms with van der Waals surface area (Å²) in [6.07, 6.45) is 1.82. The van der Waals surface area contributed by atoms with Crippen molar-refractivity contribution in [3.05, 3.63) is 6.07 Å². The molecule has 5 N–H and O–H groups in total. The summed E-state index contributed by atoms with van der Waals surface area (Å²) >= 11 is 0. The Bertz CT molecular complexity index is 345. The van der Waals surface area contributed by atoms with Gasteiger partial charge in [0.2, 0.25) is 5.95 Å². The summed E-state index contributed by atoms with van der Waals surface area (Å²) < 4.78 is 0. The number of hydrogen-bond donors (Lipinski definition) is 4. The second kappa shape index (κ2) is 6.90. The van der Waals surface area contributed by atoms with E-state index in [2.05, 4.69) is 27.5 Å². The van der Waals surface area contributed by atoms with Gasteiger partial charge in [-0.1, -0.05) is 13.3 Å². The predicted octanol–water partition coefficient (Wildman–Crippen LogP) is 0.921. The van der Waals surface area contributed by atoms with Crippen LogP contribution in [0.2, 0.25) is 0 Å². The van der Waals surface area contributed by atoms with Crippen LogP contribution in [-0.2, 0) is 0 Å². The molecule has 1 heterocycles. The maximum Gasteiger partial charge on any atom is 0.223 e. The minimum Gasteiger partial charge on any atom is -0.396 e. The molecule has 0 saturated carbocycles. The highest BCUT2D eigenvalue weighted by molar-refractivity contribution is 5.50. The van der Waals surface area contributed by atoms with Crippen molar-refractivity contribution in [1.82, 2.24) is 9.97 Å². The quantitative estimate of drug-likeness (QED) is 0.565. The lowest BCUT2D eigenvalue weighted by molar-refractivity contribution is 0.258. The molecule has 17 heavy (non-hydrogen) atoms.